The van der Waals surface area contributed by atoms with Crippen molar-refractivity contribution in [1.82, 2.24) is 15.2 Å². The van der Waals surface area contributed by atoms with Crippen LogP contribution in [0.5, 0.6) is 0 Å². The molecule has 0 fully saturated rings. The fourth-order valence-corrected chi connectivity index (χ4v) is 2.06. The lowest BCUT2D eigenvalue weighted by atomic mass is 10.2. The van der Waals surface area contributed by atoms with Gasteiger partial charge in [-0.25, -0.2) is 4.98 Å². The molecule has 122 valence electrons. The number of carbonyl (C=O) groups is 1. The van der Waals surface area contributed by atoms with Crippen LogP contribution in [-0.4, -0.2) is 43.0 Å². The highest BCUT2D eigenvalue weighted by Gasteiger charge is 2.06. The first-order valence-corrected chi connectivity index (χ1v) is 7.79. The highest BCUT2D eigenvalue weighted by atomic mass is 35.5. The summed E-state index contributed by atoms with van der Waals surface area (Å²) >= 11 is 5.83. The molecule has 0 saturated heterocycles. The number of carbonyl (C=O) groups excluding carboxylic acids is 1. The molecule has 0 radical (unpaired) electrons. The van der Waals surface area contributed by atoms with Crippen LogP contribution in [-0.2, 0) is 6.54 Å². The van der Waals surface area contributed by atoms with Gasteiger partial charge in [-0.05, 0) is 43.9 Å². The Morgan fingerprint density at radius 1 is 1.17 bits per heavy atom. The molecule has 0 aliphatic carbocycles. The lowest BCUT2D eigenvalue weighted by molar-refractivity contribution is 0.0946. The molecule has 1 heterocycles. The minimum Gasteiger partial charge on any atom is -0.383 e. The summed E-state index contributed by atoms with van der Waals surface area (Å²) < 4.78 is 0. The Labute approximate surface area is 141 Å². The second-order valence-corrected chi connectivity index (χ2v) is 5.91. The van der Waals surface area contributed by atoms with Crippen molar-refractivity contribution >= 4 is 23.2 Å². The van der Waals surface area contributed by atoms with Crippen LogP contribution >= 0.6 is 11.6 Å². The van der Waals surface area contributed by atoms with Gasteiger partial charge in [0.05, 0.1) is 11.9 Å². The number of hydrogen-bond donors (Lipinski definition) is 2. The highest BCUT2D eigenvalue weighted by Crippen LogP contribution is 2.10. The molecule has 0 unspecified atom stereocenters. The zero-order chi connectivity index (χ0) is 16.7. The van der Waals surface area contributed by atoms with Gasteiger partial charge in [0, 0.05) is 24.7 Å². The summed E-state index contributed by atoms with van der Waals surface area (Å²) in [6.45, 7) is 2.21. The van der Waals surface area contributed by atoms with Crippen molar-refractivity contribution in [3.8, 4) is 0 Å². The maximum absolute atomic E-state index is 12.1. The van der Waals surface area contributed by atoms with E-state index in [-0.39, 0.29) is 5.91 Å². The monoisotopic (exact) mass is 332 g/mol. The maximum atomic E-state index is 12.1. The number of nitrogens with one attached hydrogen (secondary N) is 2. The molecule has 0 spiro atoms. The number of nitrogens with zero attached hydrogens (tertiary/aromatic N) is 2. The number of anilines is 1. The Morgan fingerprint density at radius 2 is 1.91 bits per heavy atom. The molecule has 2 rings (SSSR count). The molecule has 2 N–H and O–H groups in total. The van der Waals surface area contributed by atoms with Crippen molar-refractivity contribution in [2.24, 2.45) is 0 Å². The largest absolute Gasteiger partial charge is 0.383 e. The molecule has 6 heteroatoms. The summed E-state index contributed by atoms with van der Waals surface area (Å²) in [6, 6.07) is 10.9. The first kappa shape index (κ1) is 17.2. The van der Waals surface area contributed by atoms with Crippen LogP contribution in [0.15, 0.2) is 42.6 Å². The van der Waals surface area contributed by atoms with E-state index in [1.54, 1.807) is 24.4 Å². The summed E-state index contributed by atoms with van der Waals surface area (Å²) in [6.07, 6.45) is 1.67. The average molecular weight is 333 g/mol. The van der Waals surface area contributed by atoms with Gasteiger partial charge in [-0.2, -0.15) is 0 Å². The zero-order valence-corrected chi connectivity index (χ0v) is 14.1. The van der Waals surface area contributed by atoms with Gasteiger partial charge >= 0.3 is 0 Å². The summed E-state index contributed by atoms with van der Waals surface area (Å²) in [7, 11) is 4.04. The summed E-state index contributed by atoms with van der Waals surface area (Å²) in [4.78, 5) is 18.4. The van der Waals surface area contributed by atoms with Crippen molar-refractivity contribution in [2.75, 3.05) is 32.5 Å². The van der Waals surface area contributed by atoms with E-state index in [0.29, 0.717) is 17.3 Å². The predicted octanol–water partition coefficient (Wildman–Crippen LogP) is 2.64. The summed E-state index contributed by atoms with van der Waals surface area (Å²) in [5.41, 5.74) is 2.29. The van der Waals surface area contributed by atoms with Gasteiger partial charge in [-0.15, -0.1) is 0 Å². The Hall–Kier alpha value is -2.11. The van der Waals surface area contributed by atoms with Gasteiger partial charge < -0.3 is 15.5 Å². The third-order valence-corrected chi connectivity index (χ3v) is 3.50. The number of pyridine rings is 1. The second-order valence-electron chi connectivity index (χ2n) is 5.47. The van der Waals surface area contributed by atoms with Crippen molar-refractivity contribution in [3.63, 3.8) is 0 Å². The van der Waals surface area contributed by atoms with E-state index in [2.05, 4.69) is 20.5 Å². The van der Waals surface area contributed by atoms with Crippen molar-refractivity contribution in [3.05, 3.63) is 58.9 Å². The first-order valence-electron chi connectivity index (χ1n) is 7.42. The second kappa shape index (κ2) is 8.50. The van der Waals surface area contributed by atoms with Crippen LogP contribution in [0.2, 0.25) is 5.02 Å². The van der Waals surface area contributed by atoms with E-state index in [9.17, 15) is 4.79 Å². The molecule has 0 atom stereocenters. The van der Waals surface area contributed by atoms with E-state index in [4.69, 9.17) is 11.6 Å². The quantitative estimate of drug-likeness (QED) is 0.818. The van der Waals surface area contributed by atoms with Crippen LogP contribution in [0.25, 0.3) is 0 Å². The van der Waals surface area contributed by atoms with Crippen molar-refractivity contribution in [1.29, 1.82) is 0 Å². The molecular formula is C17H21ClN4O. The standard InChI is InChI=1S/C17H21ClN4O/c1-22(2)10-9-19-15-7-8-16(20-12-15)17(23)21-11-13-3-5-14(18)6-4-13/h3-8,12,19H,9-11H2,1-2H3,(H,21,23). The molecule has 23 heavy (non-hydrogen) atoms. The lowest BCUT2D eigenvalue weighted by Crippen LogP contribution is -2.24. The normalized spacial score (nSPS) is 10.6. The van der Waals surface area contributed by atoms with E-state index in [1.807, 2.05) is 32.3 Å². The number of aromatic nitrogens is 1. The molecule has 0 aliphatic heterocycles. The van der Waals surface area contributed by atoms with Gasteiger partial charge in [0.15, 0.2) is 0 Å². The van der Waals surface area contributed by atoms with Crippen molar-refractivity contribution < 1.29 is 4.79 Å². The van der Waals surface area contributed by atoms with Crippen LogP contribution < -0.4 is 10.6 Å². The molecule has 1 aromatic carbocycles. The molecule has 0 aliphatic rings. The molecule has 1 amide bonds. The number of rotatable bonds is 7. The zero-order valence-electron chi connectivity index (χ0n) is 13.3. The summed E-state index contributed by atoms with van der Waals surface area (Å²) in [5.74, 6) is -0.195. The lowest BCUT2D eigenvalue weighted by Gasteiger charge is -2.11. The highest BCUT2D eigenvalue weighted by molar-refractivity contribution is 6.30. The maximum Gasteiger partial charge on any atom is 0.270 e. The van der Waals surface area contributed by atoms with E-state index in [1.165, 1.54) is 0 Å². The Balaban J connectivity index is 1.83. The molecule has 5 nitrogen and oxygen atoms in total. The third-order valence-electron chi connectivity index (χ3n) is 3.25. The van der Waals surface area contributed by atoms with Gasteiger partial charge in [-0.3, -0.25) is 4.79 Å². The smallest absolute Gasteiger partial charge is 0.270 e. The molecule has 0 bridgehead atoms. The van der Waals surface area contributed by atoms with E-state index in [0.717, 1.165) is 24.3 Å². The number of halogens is 1. The van der Waals surface area contributed by atoms with Crippen molar-refractivity contribution in [2.45, 2.75) is 6.54 Å². The predicted molar refractivity (Wildman–Crippen MR) is 93.9 cm³/mol. The fraction of sp³-hybridized carbons (Fsp3) is 0.294. The fourth-order valence-electron chi connectivity index (χ4n) is 1.93. The number of benzene rings is 1. The van der Waals surface area contributed by atoms with E-state index < -0.39 is 0 Å². The van der Waals surface area contributed by atoms with Gasteiger partial charge in [0.2, 0.25) is 0 Å². The number of likely N-dealkylation sites (N-methyl/N-ethyl adjacent to an activating group) is 1. The van der Waals surface area contributed by atoms with Crippen LogP contribution in [0.3, 0.4) is 0 Å². The Bertz CT molecular complexity index is 626. The molecule has 2 aromatic rings. The van der Waals surface area contributed by atoms with E-state index >= 15 is 0 Å². The molecule has 1 aromatic heterocycles. The van der Waals surface area contributed by atoms with Gasteiger partial charge in [-0.1, -0.05) is 23.7 Å². The molecular weight excluding hydrogens is 312 g/mol. The Morgan fingerprint density at radius 3 is 2.52 bits per heavy atom. The van der Waals surface area contributed by atoms with Crippen LogP contribution in [0.4, 0.5) is 5.69 Å². The van der Waals surface area contributed by atoms with Crippen LogP contribution in [0, 0.1) is 0 Å². The minimum absolute atomic E-state index is 0.195. The van der Waals surface area contributed by atoms with Crippen LogP contribution in [0.1, 0.15) is 16.1 Å². The third kappa shape index (κ3) is 5.88. The SMILES string of the molecule is CN(C)CCNc1ccc(C(=O)NCc2ccc(Cl)cc2)nc1. The van der Waals surface area contributed by atoms with Gasteiger partial charge in [0.25, 0.3) is 5.91 Å². The Kier molecular flexibility index (Phi) is 6.38. The van der Waals surface area contributed by atoms with Gasteiger partial charge in [0.1, 0.15) is 5.69 Å². The number of hydrogen-bond acceptors (Lipinski definition) is 4. The number of amides is 1. The topological polar surface area (TPSA) is 57.3 Å². The first-order chi connectivity index (χ1) is 11.0. The summed E-state index contributed by atoms with van der Waals surface area (Å²) in [5, 5.41) is 6.78. The minimum atomic E-state index is -0.195. The average Bonchev–Trinajstić information content (AvgIpc) is 2.54. The molecule has 0 saturated carbocycles.